The number of nitrogens with two attached hydrogens (primary N) is 1. The van der Waals surface area contributed by atoms with E-state index >= 15 is 0 Å². The molecular weight excluding hydrogens is 422 g/mol. The van der Waals surface area contributed by atoms with Gasteiger partial charge in [0.15, 0.2) is 21.6 Å². The van der Waals surface area contributed by atoms with Gasteiger partial charge in [0.1, 0.15) is 11.5 Å². The normalized spacial score (nSPS) is 13.1. The van der Waals surface area contributed by atoms with Crippen LogP contribution in [0.4, 0.5) is 17.3 Å². The van der Waals surface area contributed by atoms with E-state index in [1.807, 2.05) is 19.9 Å². The number of sulfonamides is 1. The van der Waals surface area contributed by atoms with Crippen LogP contribution in [-0.4, -0.2) is 22.3 Å². The third-order valence-corrected chi connectivity index (χ3v) is 7.17. The minimum absolute atomic E-state index is 0.145. The molecule has 0 saturated heterocycles. The van der Waals surface area contributed by atoms with Gasteiger partial charge in [0.25, 0.3) is 10.0 Å². The number of hydrogen-bond donors (Lipinski definition) is 4. The Balaban J connectivity index is 1.86. The maximum atomic E-state index is 11.5. The zero-order valence-corrected chi connectivity index (χ0v) is 18.1. The van der Waals surface area contributed by atoms with Crippen molar-refractivity contribution >= 4 is 50.4 Å². The molecule has 1 atom stereocenters. The summed E-state index contributed by atoms with van der Waals surface area (Å²) in [7, 11) is -4.00. The van der Waals surface area contributed by atoms with Crippen LogP contribution in [0.3, 0.4) is 0 Å². The van der Waals surface area contributed by atoms with Gasteiger partial charge < -0.3 is 20.2 Å². The first-order chi connectivity index (χ1) is 13.1. The lowest BCUT2D eigenvalue weighted by Gasteiger charge is -2.20. The minimum Gasteiger partial charge on any atom is -0.504 e. The van der Waals surface area contributed by atoms with Gasteiger partial charge in [-0.3, -0.25) is 0 Å². The van der Waals surface area contributed by atoms with E-state index in [0.717, 1.165) is 40.1 Å². The predicted molar refractivity (Wildman–Crippen MR) is 110 cm³/mol. The van der Waals surface area contributed by atoms with Crippen LogP contribution in [-0.2, 0) is 10.0 Å². The van der Waals surface area contributed by atoms with E-state index in [-0.39, 0.29) is 21.9 Å². The van der Waals surface area contributed by atoms with Crippen molar-refractivity contribution in [2.24, 2.45) is 11.1 Å². The van der Waals surface area contributed by atoms with Crippen molar-refractivity contribution in [1.29, 1.82) is 0 Å². The molecule has 0 fully saturated rings. The molecule has 3 rings (SSSR count). The van der Waals surface area contributed by atoms with E-state index in [0.29, 0.717) is 11.6 Å². The largest absolute Gasteiger partial charge is 0.504 e. The molecule has 0 spiro atoms. The van der Waals surface area contributed by atoms with Gasteiger partial charge in [-0.2, -0.15) is 8.75 Å². The standard InChI is InChI=1S/C16H21N5O4S3/c1-7(2)12(11-5-8(3)9(4)25-11)19-15-14(20-27-21-15)18-10-6-26-16(13(10)22)28(17,23)24/h5-7,12,22H,1-4H3,(H,18,20)(H,19,21)(H2,17,23,24)/t12-/m1/s1. The van der Waals surface area contributed by atoms with E-state index in [1.54, 1.807) is 0 Å². The molecule has 0 radical (unpaired) electrons. The van der Waals surface area contributed by atoms with Crippen LogP contribution in [0.5, 0.6) is 5.75 Å². The lowest BCUT2D eigenvalue weighted by molar-refractivity contribution is 0.408. The number of nitrogens with zero attached hydrogens (tertiary/aromatic N) is 2. The van der Waals surface area contributed by atoms with E-state index in [4.69, 9.17) is 9.56 Å². The van der Waals surface area contributed by atoms with E-state index in [9.17, 15) is 13.5 Å². The summed E-state index contributed by atoms with van der Waals surface area (Å²) in [4.78, 5) is 0. The second kappa shape index (κ2) is 7.70. The van der Waals surface area contributed by atoms with E-state index in [1.165, 1.54) is 5.38 Å². The predicted octanol–water partition coefficient (Wildman–Crippen LogP) is 3.72. The molecule has 0 bridgehead atoms. The molecule has 0 aliphatic rings. The van der Waals surface area contributed by atoms with Crippen LogP contribution < -0.4 is 15.8 Å². The van der Waals surface area contributed by atoms with Crippen molar-refractivity contribution in [1.82, 2.24) is 8.75 Å². The first-order valence-corrected chi connectivity index (χ1v) is 11.5. The van der Waals surface area contributed by atoms with Crippen LogP contribution in [0.25, 0.3) is 0 Å². The van der Waals surface area contributed by atoms with Crippen LogP contribution in [0.1, 0.15) is 37.0 Å². The summed E-state index contributed by atoms with van der Waals surface area (Å²) in [5.41, 5.74) is 1.26. The van der Waals surface area contributed by atoms with Crippen LogP contribution in [0.15, 0.2) is 20.1 Å². The number of aromatic nitrogens is 2. The number of anilines is 3. The fourth-order valence-corrected chi connectivity index (χ4v) is 4.74. The molecule has 3 aromatic heterocycles. The van der Waals surface area contributed by atoms with Crippen molar-refractivity contribution in [3.8, 4) is 5.75 Å². The summed E-state index contributed by atoms with van der Waals surface area (Å²) < 4.78 is 37.0. The first kappa shape index (κ1) is 20.6. The van der Waals surface area contributed by atoms with Gasteiger partial charge in [-0.15, -0.1) is 11.3 Å². The first-order valence-electron chi connectivity index (χ1n) is 8.34. The highest BCUT2D eigenvalue weighted by molar-refractivity contribution is 7.91. The number of primary sulfonamides is 1. The second-order valence-electron chi connectivity index (χ2n) is 6.67. The maximum absolute atomic E-state index is 11.5. The highest BCUT2D eigenvalue weighted by Crippen LogP contribution is 2.40. The fourth-order valence-electron chi connectivity index (χ4n) is 2.59. The Bertz CT molecular complexity index is 1060. The lowest BCUT2D eigenvalue weighted by Crippen LogP contribution is -2.17. The smallest absolute Gasteiger partial charge is 0.251 e. The number of furan rings is 1. The van der Waals surface area contributed by atoms with Gasteiger partial charge >= 0.3 is 0 Å². The van der Waals surface area contributed by atoms with Crippen molar-refractivity contribution in [2.45, 2.75) is 37.9 Å². The molecule has 3 heterocycles. The van der Waals surface area contributed by atoms with Crippen molar-refractivity contribution in [3.05, 3.63) is 28.5 Å². The number of aryl methyl sites for hydroxylation is 2. The SMILES string of the molecule is Cc1cc([C@H](Nc2nsnc2Nc2csc(S(N)(=O)=O)c2O)C(C)C)oc1C. The summed E-state index contributed by atoms with van der Waals surface area (Å²) in [6, 6.07) is 1.84. The molecule has 5 N–H and O–H groups in total. The van der Waals surface area contributed by atoms with Gasteiger partial charge in [-0.1, -0.05) is 13.8 Å². The van der Waals surface area contributed by atoms with Gasteiger partial charge in [0.2, 0.25) is 0 Å². The molecule has 0 aromatic carbocycles. The number of rotatable bonds is 7. The average molecular weight is 444 g/mol. The third-order valence-electron chi connectivity index (χ3n) is 4.18. The highest BCUT2D eigenvalue weighted by atomic mass is 32.2. The fraction of sp³-hybridized carbons (Fsp3) is 0.375. The Labute approximate surface area is 171 Å². The molecule has 0 aliphatic carbocycles. The van der Waals surface area contributed by atoms with Crippen molar-refractivity contribution in [3.63, 3.8) is 0 Å². The van der Waals surface area contributed by atoms with Crippen LogP contribution >= 0.6 is 23.1 Å². The number of nitrogens with one attached hydrogen (secondary N) is 2. The molecule has 0 saturated carbocycles. The zero-order valence-electron chi connectivity index (χ0n) is 15.7. The number of thiophene rings is 1. The molecular formula is C16H21N5O4S3. The summed E-state index contributed by atoms with van der Waals surface area (Å²) in [5, 5.41) is 22.9. The molecule has 3 aromatic rings. The summed E-state index contributed by atoms with van der Waals surface area (Å²) in [6.45, 7) is 8.01. The number of aromatic hydroxyl groups is 1. The molecule has 0 aliphatic heterocycles. The Morgan fingerprint density at radius 1 is 1.25 bits per heavy atom. The second-order valence-corrected chi connectivity index (χ2v) is 9.84. The monoisotopic (exact) mass is 443 g/mol. The summed E-state index contributed by atoms with van der Waals surface area (Å²) in [5.74, 6) is 2.24. The summed E-state index contributed by atoms with van der Waals surface area (Å²) in [6.07, 6.45) is 0. The highest BCUT2D eigenvalue weighted by Gasteiger charge is 2.25. The van der Waals surface area contributed by atoms with Gasteiger partial charge in [0, 0.05) is 5.38 Å². The molecule has 12 heteroatoms. The van der Waals surface area contributed by atoms with Crippen LogP contribution in [0, 0.1) is 19.8 Å². The molecule has 0 amide bonds. The minimum atomic E-state index is -4.00. The molecule has 28 heavy (non-hydrogen) atoms. The van der Waals surface area contributed by atoms with Gasteiger partial charge in [-0.05, 0) is 31.4 Å². The van der Waals surface area contributed by atoms with E-state index in [2.05, 4.69) is 33.2 Å². The van der Waals surface area contributed by atoms with Crippen molar-refractivity contribution < 1.29 is 17.9 Å². The number of hydrogen-bond acceptors (Lipinski definition) is 10. The Morgan fingerprint density at radius 2 is 1.93 bits per heavy atom. The molecule has 152 valence electrons. The zero-order chi connectivity index (χ0) is 20.6. The van der Waals surface area contributed by atoms with E-state index < -0.39 is 15.8 Å². The van der Waals surface area contributed by atoms with Gasteiger partial charge in [-0.25, -0.2) is 13.6 Å². The topological polar surface area (TPSA) is 143 Å². The molecule has 0 unspecified atom stereocenters. The van der Waals surface area contributed by atoms with Crippen molar-refractivity contribution in [2.75, 3.05) is 10.6 Å². The lowest BCUT2D eigenvalue weighted by atomic mass is 10.0. The quantitative estimate of drug-likeness (QED) is 0.432. The molecule has 9 nitrogen and oxygen atoms in total. The Kier molecular flexibility index (Phi) is 5.66. The van der Waals surface area contributed by atoms with Crippen LogP contribution in [0.2, 0.25) is 0 Å². The summed E-state index contributed by atoms with van der Waals surface area (Å²) >= 11 is 1.81. The maximum Gasteiger partial charge on any atom is 0.251 e. The third kappa shape index (κ3) is 4.14. The van der Waals surface area contributed by atoms with Gasteiger partial charge in [0.05, 0.1) is 23.5 Å². The average Bonchev–Trinajstić information content (AvgIpc) is 3.26. The Hall–Kier alpha value is -2.15. The Morgan fingerprint density at radius 3 is 2.46 bits per heavy atom.